The second-order valence-electron chi connectivity index (χ2n) is 3.81. The minimum atomic E-state index is 1.11. The first-order chi connectivity index (χ1) is 6.00. The SMILES string of the molecule is CC(C)=Nc1c(C)cc(C)cc1C. The molecule has 1 heteroatoms. The first-order valence-electron chi connectivity index (χ1n) is 4.60. The monoisotopic (exact) mass is 175 g/mol. The van der Waals surface area contributed by atoms with Crippen LogP contribution in [0.4, 0.5) is 5.69 Å². The largest absolute Gasteiger partial charge is 0.258 e. The molecule has 0 bridgehead atoms. The van der Waals surface area contributed by atoms with Gasteiger partial charge in [-0.1, -0.05) is 17.7 Å². The van der Waals surface area contributed by atoms with E-state index in [1.165, 1.54) is 16.7 Å². The molecule has 0 aliphatic rings. The number of hydrogen-bond donors (Lipinski definition) is 0. The third-order valence-electron chi connectivity index (χ3n) is 1.97. The molecule has 0 saturated heterocycles. The number of rotatable bonds is 1. The maximum atomic E-state index is 4.52. The van der Waals surface area contributed by atoms with Crippen LogP contribution in [0.2, 0.25) is 0 Å². The van der Waals surface area contributed by atoms with Gasteiger partial charge in [-0.2, -0.15) is 0 Å². The zero-order valence-electron chi connectivity index (χ0n) is 9.10. The van der Waals surface area contributed by atoms with E-state index >= 15 is 0 Å². The maximum absolute atomic E-state index is 4.52. The summed E-state index contributed by atoms with van der Waals surface area (Å²) in [5, 5.41) is 0. The fourth-order valence-electron chi connectivity index (χ4n) is 1.57. The first-order valence-corrected chi connectivity index (χ1v) is 4.60. The van der Waals surface area contributed by atoms with Crippen molar-refractivity contribution in [3.8, 4) is 0 Å². The van der Waals surface area contributed by atoms with Gasteiger partial charge in [0.15, 0.2) is 0 Å². The number of aryl methyl sites for hydroxylation is 3. The molecule has 0 spiro atoms. The normalized spacial score (nSPS) is 9.92. The van der Waals surface area contributed by atoms with Crippen LogP contribution in [0.1, 0.15) is 30.5 Å². The van der Waals surface area contributed by atoms with E-state index in [2.05, 4.69) is 37.9 Å². The fraction of sp³-hybridized carbons (Fsp3) is 0.417. The zero-order chi connectivity index (χ0) is 10.0. The first kappa shape index (κ1) is 9.97. The van der Waals surface area contributed by atoms with Gasteiger partial charge in [0, 0.05) is 5.71 Å². The Balaban J connectivity index is 3.29. The van der Waals surface area contributed by atoms with Gasteiger partial charge in [-0.25, -0.2) is 0 Å². The molecule has 1 rings (SSSR count). The maximum Gasteiger partial charge on any atom is 0.0687 e. The lowest BCUT2D eigenvalue weighted by molar-refractivity contribution is 1.28. The Morgan fingerprint density at radius 3 is 1.85 bits per heavy atom. The quantitative estimate of drug-likeness (QED) is 0.577. The highest BCUT2D eigenvalue weighted by Crippen LogP contribution is 2.24. The summed E-state index contributed by atoms with van der Waals surface area (Å²) >= 11 is 0. The van der Waals surface area contributed by atoms with Gasteiger partial charge in [0.25, 0.3) is 0 Å². The lowest BCUT2D eigenvalue weighted by Crippen LogP contribution is -1.86. The van der Waals surface area contributed by atoms with Gasteiger partial charge in [-0.15, -0.1) is 0 Å². The highest BCUT2D eigenvalue weighted by molar-refractivity contribution is 5.83. The molecule has 1 nitrogen and oxygen atoms in total. The fourth-order valence-corrected chi connectivity index (χ4v) is 1.57. The Kier molecular flexibility index (Phi) is 2.86. The summed E-state index contributed by atoms with van der Waals surface area (Å²) < 4.78 is 0. The predicted molar refractivity (Wildman–Crippen MR) is 59.1 cm³/mol. The Labute approximate surface area is 80.5 Å². The summed E-state index contributed by atoms with van der Waals surface area (Å²) in [7, 11) is 0. The molecule has 13 heavy (non-hydrogen) atoms. The summed E-state index contributed by atoms with van der Waals surface area (Å²) in [5.74, 6) is 0. The molecule has 0 saturated carbocycles. The molecule has 0 atom stereocenters. The predicted octanol–water partition coefficient (Wildman–Crippen LogP) is 3.72. The van der Waals surface area contributed by atoms with E-state index in [0.717, 1.165) is 11.4 Å². The molecule has 0 unspecified atom stereocenters. The van der Waals surface area contributed by atoms with E-state index in [9.17, 15) is 0 Å². The van der Waals surface area contributed by atoms with Crippen molar-refractivity contribution in [1.82, 2.24) is 0 Å². The number of benzene rings is 1. The van der Waals surface area contributed by atoms with E-state index < -0.39 is 0 Å². The molecule has 0 aliphatic heterocycles. The molecule has 0 amide bonds. The standard InChI is InChI=1S/C12H17N/c1-8(2)13-12-10(4)6-9(3)7-11(12)5/h6-7H,1-5H3. The topological polar surface area (TPSA) is 12.4 Å². The minimum absolute atomic E-state index is 1.11. The van der Waals surface area contributed by atoms with Crippen LogP contribution >= 0.6 is 0 Å². The summed E-state index contributed by atoms with van der Waals surface area (Å²) in [6, 6.07) is 4.35. The van der Waals surface area contributed by atoms with Crippen LogP contribution < -0.4 is 0 Å². The highest BCUT2D eigenvalue weighted by atomic mass is 14.7. The molecule has 0 heterocycles. The molecule has 0 aliphatic carbocycles. The van der Waals surface area contributed by atoms with Gasteiger partial charge in [0.2, 0.25) is 0 Å². The Bertz CT molecular complexity index is 321. The van der Waals surface area contributed by atoms with Crippen molar-refractivity contribution in [1.29, 1.82) is 0 Å². The van der Waals surface area contributed by atoms with Gasteiger partial charge in [0.05, 0.1) is 5.69 Å². The molecule has 1 aromatic carbocycles. The second kappa shape index (κ2) is 3.73. The molecule has 1 aromatic rings. The average Bonchev–Trinajstić information content (AvgIpc) is 1.96. The van der Waals surface area contributed by atoms with E-state index in [4.69, 9.17) is 0 Å². The van der Waals surface area contributed by atoms with Crippen molar-refractivity contribution in [2.24, 2.45) is 4.99 Å². The van der Waals surface area contributed by atoms with Gasteiger partial charge >= 0.3 is 0 Å². The van der Waals surface area contributed by atoms with E-state index in [1.807, 2.05) is 13.8 Å². The summed E-state index contributed by atoms with van der Waals surface area (Å²) in [4.78, 5) is 4.52. The lowest BCUT2D eigenvalue weighted by atomic mass is 10.1. The second-order valence-corrected chi connectivity index (χ2v) is 3.81. The van der Waals surface area contributed by atoms with Crippen LogP contribution in [0.3, 0.4) is 0 Å². The minimum Gasteiger partial charge on any atom is -0.258 e. The third kappa shape index (κ3) is 2.41. The molecule has 0 radical (unpaired) electrons. The van der Waals surface area contributed by atoms with Crippen LogP contribution in [0.15, 0.2) is 17.1 Å². The van der Waals surface area contributed by atoms with Gasteiger partial charge < -0.3 is 0 Å². The lowest BCUT2D eigenvalue weighted by Gasteiger charge is -2.06. The van der Waals surface area contributed by atoms with Crippen LogP contribution in [0.5, 0.6) is 0 Å². The van der Waals surface area contributed by atoms with Crippen molar-refractivity contribution in [2.75, 3.05) is 0 Å². The molecule has 0 N–H and O–H groups in total. The summed E-state index contributed by atoms with van der Waals surface area (Å²) in [5.41, 5.74) is 6.07. The molecule has 70 valence electrons. The number of aliphatic imine (C=N–C) groups is 1. The van der Waals surface area contributed by atoms with E-state index in [1.54, 1.807) is 0 Å². The smallest absolute Gasteiger partial charge is 0.0687 e. The third-order valence-corrected chi connectivity index (χ3v) is 1.97. The molecule has 0 aromatic heterocycles. The van der Waals surface area contributed by atoms with Gasteiger partial charge in [-0.05, 0) is 45.7 Å². The number of hydrogen-bond acceptors (Lipinski definition) is 1. The summed E-state index contributed by atoms with van der Waals surface area (Å²) in [6.45, 7) is 10.4. The van der Waals surface area contributed by atoms with Gasteiger partial charge in [-0.3, -0.25) is 4.99 Å². The van der Waals surface area contributed by atoms with Crippen molar-refractivity contribution in [3.63, 3.8) is 0 Å². The van der Waals surface area contributed by atoms with Crippen LogP contribution in [-0.2, 0) is 0 Å². The van der Waals surface area contributed by atoms with E-state index in [-0.39, 0.29) is 0 Å². The van der Waals surface area contributed by atoms with Crippen LogP contribution in [-0.4, -0.2) is 5.71 Å². The molecular formula is C12H17N. The highest BCUT2D eigenvalue weighted by Gasteiger charge is 2.01. The van der Waals surface area contributed by atoms with Crippen LogP contribution in [0.25, 0.3) is 0 Å². The Hall–Kier alpha value is -1.11. The Morgan fingerprint density at radius 2 is 1.46 bits per heavy atom. The van der Waals surface area contributed by atoms with Gasteiger partial charge in [0.1, 0.15) is 0 Å². The Morgan fingerprint density at radius 1 is 1.00 bits per heavy atom. The van der Waals surface area contributed by atoms with Crippen molar-refractivity contribution < 1.29 is 0 Å². The summed E-state index contributed by atoms with van der Waals surface area (Å²) in [6.07, 6.45) is 0. The van der Waals surface area contributed by atoms with E-state index in [0.29, 0.717) is 0 Å². The van der Waals surface area contributed by atoms with Crippen LogP contribution in [0, 0.1) is 20.8 Å². The zero-order valence-corrected chi connectivity index (χ0v) is 9.10. The van der Waals surface area contributed by atoms with Crippen molar-refractivity contribution in [2.45, 2.75) is 34.6 Å². The molecule has 0 fully saturated rings. The van der Waals surface area contributed by atoms with Crippen molar-refractivity contribution >= 4 is 11.4 Å². The van der Waals surface area contributed by atoms with Crippen molar-refractivity contribution in [3.05, 3.63) is 28.8 Å². The average molecular weight is 175 g/mol. The molecular weight excluding hydrogens is 158 g/mol. The number of nitrogens with zero attached hydrogens (tertiary/aromatic N) is 1.